The van der Waals surface area contributed by atoms with Crippen molar-refractivity contribution in [2.75, 3.05) is 11.1 Å². The summed E-state index contributed by atoms with van der Waals surface area (Å²) in [7, 11) is -3.50. The largest absolute Gasteiger partial charge is 0.298 e. The van der Waals surface area contributed by atoms with E-state index in [4.69, 9.17) is 11.6 Å². The highest BCUT2D eigenvalue weighted by Gasteiger charge is 2.21. The predicted octanol–water partition coefficient (Wildman–Crippen LogP) is 4.30. The summed E-state index contributed by atoms with van der Waals surface area (Å²) in [5.41, 5.74) is 1.78. The molecule has 1 aromatic heterocycles. The van der Waals surface area contributed by atoms with E-state index in [2.05, 4.69) is 10.3 Å². The minimum Gasteiger partial charge on any atom is -0.298 e. The molecule has 0 atom stereocenters. The molecule has 1 heterocycles. The summed E-state index contributed by atoms with van der Waals surface area (Å²) in [6.07, 6.45) is 0. The number of aryl methyl sites for hydroxylation is 1. The van der Waals surface area contributed by atoms with Crippen LogP contribution in [0.4, 0.5) is 5.13 Å². The average Bonchev–Trinajstić information content (AvgIpc) is 2.97. The molecular formula is C17H15ClN2O3S2. The van der Waals surface area contributed by atoms with Crippen molar-refractivity contribution >= 4 is 54.0 Å². The number of carbonyl (C=O) groups is 1. The predicted molar refractivity (Wildman–Crippen MR) is 101 cm³/mol. The number of nitrogens with zero attached hydrogens (tertiary/aromatic N) is 1. The topological polar surface area (TPSA) is 76.1 Å². The van der Waals surface area contributed by atoms with Gasteiger partial charge in [0, 0.05) is 5.02 Å². The van der Waals surface area contributed by atoms with Gasteiger partial charge in [0.15, 0.2) is 15.0 Å². The minimum absolute atomic E-state index is 0.0235. The molecule has 0 aliphatic heterocycles. The number of carbonyl (C=O) groups excluding carboxylic acids is 1. The number of hydrogen-bond acceptors (Lipinski definition) is 5. The summed E-state index contributed by atoms with van der Waals surface area (Å²) in [5.74, 6) is -0.578. The van der Waals surface area contributed by atoms with Crippen molar-refractivity contribution in [2.24, 2.45) is 0 Å². The summed E-state index contributed by atoms with van der Waals surface area (Å²) < 4.78 is 25.2. The Kier molecular flexibility index (Phi) is 4.81. The number of rotatable bonds is 4. The van der Waals surface area contributed by atoms with E-state index in [1.807, 2.05) is 6.92 Å². The third-order valence-corrected chi connectivity index (χ3v) is 6.64. The zero-order valence-corrected chi connectivity index (χ0v) is 15.9. The number of anilines is 1. The molecule has 130 valence electrons. The van der Waals surface area contributed by atoms with E-state index in [0.717, 1.165) is 15.8 Å². The van der Waals surface area contributed by atoms with Crippen molar-refractivity contribution in [3.63, 3.8) is 0 Å². The van der Waals surface area contributed by atoms with Crippen LogP contribution in [0.5, 0.6) is 0 Å². The van der Waals surface area contributed by atoms with E-state index in [1.54, 1.807) is 31.2 Å². The molecule has 3 rings (SSSR count). The Hall–Kier alpha value is -1.96. The van der Waals surface area contributed by atoms with Gasteiger partial charge in [-0.25, -0.2) is 13.4 Å². The fourth-order valence-corrected chi connectivity index (χ4v) is 4.86. The number of hydrogen-bond donors (Lipinski definition) is 1. The molecule has 8 heteroatoms. The van der Waals surface area contributed by atoms with E-state index >= 15 is 0 Å². The second-order valence-corrected chi connectivity index (χ2v) is 9.16. The number of aromatic nitrogens is 1. The zero-order chi connectivity index (χ0) is 18.2. The average molecular weight is 395 g/mol. The van der Waals surface area contributed by atoms with Gasteiger partial charge in [0.05, 0.1) is 26.4 Å². The summed E-state index contributed by atoms with van der Waals surface area (Å²) in [5, 5.41) is 3.69. The number of halogens is 1. The second-order valence-electron chi connectivity index (χ2n) is 5.44. The fourth-order valence-electron chi connectivity index (χ4n) is 2.45. The van der Waals surface area contributed by atoms with E-state index in [0.29, 0.717) is 10.2 Å². The summed E-state index contributed by atoms with van der Waals surface area (Å²) in [4.78, 5) is 17.0. The first-order valence-electron chi connectivity index (χ1n) is 7.51. The minimum atomic E-state index is -3.50. The van der Waals surface area contributed by atoms with E-state index in [-0.39, 0.29) is 16.2 Å². The van der Waals surface area contributed by atoms with Crippen LogP contribution in [-0.2, 0) is 9.84 Å². The summed E-state index contributed by atoms with van der Waals surface area (Å²) in [6.45, 7) is 3.44. The maximum Gasteiger partial charge on any atom is 0.258 e. The molecule has 3 aromatic rings. The Morgan fingerprint density at radius 1 is 1.28 bits per heavy atom. The highest BCUT2D eigenvalue weighted by molar-refractivity contribution is 7.91. The van der Waals surface area contributed by atoms with Crippen molar-refractivity contribution in [3.05, 3.63) is 52.5 Å². The lowest BCUT2D eigenvalue weighted by atomic mass is 10.2. The van der Waals surface area contributed by atoms with Gasteiger partial charge < -0.3 is 0 Å². The van der Waals surface area contributed by atoms with E-state index in [1.165, 1.54) is 23.5 Å². The van der Waals surface area contributed by atoms with E-state index in [9.17, 15) is 13.2 Å². The van der Waals surface area contributed by atoms with Crippen LogP contribution in [0.15, 0.2) is 41.3 Å². The molecule has 0 spiro atoms. The van der Waals surface area contributed by atoms with Crippen LogP contribution in [-0.4, -0.2) is 25.1 Å². The Bertz CT molecular complexity index is 1070. The lowest BCUT2D eigenvalue weighted by Crippen LogP contribution is -2.17. The van der Waals surface area contributed by atoms with Crippen molar-refractivity contribution in [3.8, 4) is 0 Å². The lowest BCUT2D eigenvalue weighted by Gasteiger charge is -2.08. The zero-order valence-electron chi connectivity index (χ0n) is 13.5. The number of nitrogens with one attached hydrogen (secondary N) is 1. The molecule has 2 aromatic carbocycles. The number of fused-ring (bicyclic) bond motifs is 1. The molecule has 0 unspecified atom stereocenters. The van der Waals surface area contributed by atoms with Crippen LogP contribution in [0.2, 0.25) is 5.02 Å². The lowest BCUT2D eigenvalue weighted by molar-refractivity contribution is 0.102. The molecule has 0 aliphatic carbocycles. The van der Waals surface area contributed by atoms with Gasteiger partial charge in [0.1, 0.15) is 0 Å². The molecule has 0 radical (unpaired) electrons. The van der Waals surface area contributed by atoms with Gasteiger partial charge in [-0.15, -0.1) is 0 Å². The number of thiazole rings is 1. The van der Waals surface area contributed by atoms with Crippen molar-refractivity contribution < 1.29 is 13.2 Å². The molecule has 25 heavy (non-hydrogen) atoms. The molecule has 0 aliphatic rings. The van der Waals surface area contributed by atoms with Crippen LogP contribution >= 0.6 is 22.9 Å². The monoisotopic (exact) mass is 394 g/mol. The standard InChI is InChI=1S/C17H15ClN2O3S2/c1-3-25(22,23)14-7-5-4-6-12(14)16(21)20-17-19-15-10(2)8-11(18)9-13(15)24-17/h4-9H,3H2,1-2H3,(H,19,20,21). The highest BCUT2D eigenvalue weighted by Crippen LogP contribution is 2.31. The molecule has 0 saturated heterocycles. The van der Waals surface area contributed by atoms with Crippen LogP contribution in [0.3, 0.4) is 0 Å². The van der Waals surface area contributed by atoms with E-state index < -0.39 is 15.7 Å². The first-order valence-corrected chi connectivity index (χ1v) is 10.4. The third-order valence-electron chi connectivity index (χ3n) is 3.72. The van der Waals surface area contributed by atoms with Crippen molar-refractivity contribution in [2.45, 2.75) is 18.7 Å². The molecule has 0 fully saturated rings. The molecule has 5 nitrogen and oxygen atoms in total. The second kappa shape index (κ2) is 6.74. The SMILES string of the molecule is CCS(=O)(=O)c1ccccc1C(=O)Nc1nc2c(C)cc(Cl)cc2s1. The number of benzene rings is 2. The normalized spacial score (nSPS) is 11.6. The first-order chi connectivity index (χ1) is 11.8. The van der Waals surface area contributed by atoms with Crippen LogP contribution < -0.4 is 5.32 Å². The van der Waals surface area contributed by atoms with Crippen LogP contribution in [0.25, 0.3) is 10.2 Å². The maximum atomic E-state index is 12.6. The molecule has 1 amide bonds. The molecular weight excluding hydrogens is 380 g/mol. The Morgan fingerprint density at radius 2 is 2.00 bits per heavy atom. The molecule has 1 N–H and O–H groups in total. The van der Waals surface area contributed by atoms with Gasteiger partial charge in [0.2, 0.25) is 0 Å². The van der Waals surface area contributed by atoms with Crippen LogP contribution in [0.1, 0.15) is 22.8 Å². The Balaban J connectivity index is 1.98. The van der Waals surface area contributed by atoms with Gasteiger partial charge in [-0.2, -0.15) is 0 Å². The summed E-state index contributed by atoms with van der Waals surface area (Å²) >= 11 is 7.34. The van der Waals surface area contributed by atoms with Crippen LogP contribution in [0, 0.1) is 6.92 Å². The van der Waals surface area contributed by atoms with Gasteiger partial charge >= 0.3 is 0 Å². The molecule has 0 bridgehead atoms. The van der Waals surface area contributed by atoms with Gasteiger partial charge in [-0.3, -0.25) is 10.1 Å². The van der Waals surface area contributed by atoms with Gasteiger partial charge in [-0.05, 0) is 36.8 Å². The van der Waals surface area contributed by atoms with Crippen molar-refractivity contribution in [1.82, 2.24) is 4.98 Å². The van der Waals surface area contributed by atoms with Gasteiger partial charge in [-0.1, -0.05) is 42.0 Å². The maximum absolute atomic E-state index is 12.6. The smallest absolute Gasteiger partial charge is 0.258 e. The van der Waals surface area contributed by atoms with Crippen molar-refractivity contribution in [1.29, 1.82) is 0 Å². The Labute approximate surface area is 154 Å². The molecule has 0 saturated carbocycles. The highest BCUT2D eigenvalue weighted by atomic mass is 35.5. The number of amides is 1. The fraction of sp³-hybridized carbons (Fsp3) is 0.176. The summed E-state index contributed by atoms with van der Waals surface area (Å²) in [6, 6.07) is 9.75. The quantitative estimate of drug-likeness (QED) is 0.715. The van der Waals surface area contributed by atoms with Gasteiger partial charge in [0.25, 0.3) is 5.91 Å². The Morgan fingerprint density at radius 3 is 2.72 bits per heavy atom. The number of sulfone groups is 1. The third kappa shape index (κ3) is 3.53. The first kappa shape index (κ1) is 17.8.